The molecular weight excluding hydrogens is 194 g/mol. The molecule has 0 fully saturated rings. The molecule has 0 saturated carbocycles. The second-order valence-corrected chi connectivity index (χ2v) is 4.08. The summed E-state index contributed by atoms with van der Waals surface area (Å²) in [4.78, 5) is 0. The molecule has 0 aromatic heterocycles. The SMILES string of the molecule is CC(C)CC(N)Cc1ccccc1.Cl. The van der Waals surface area contributed by atoms with Crippen LogP contribution in [0, 0.1) is 5.92 Å². The van der Waals surface area contributed by atoms with E-state index in [1.54, 1.807) is 0 Å². The molecule has 1 atom stereocenters. The number of benzene rings is 1. The first-order valence-corrected chi connectivity index (χ1v) is 4.98. The molecule has 0 saturated heterocycles. The molecule has 14 heavy (non-hydrogen) atoms. The van der Waals surface area contributed by atoms with Crippen molar-refractivity contribution in [1.29, 1.82) is 0 Å². The van der Waals surface area contributed by atoms with Crippen molar-refractivity contribution in [2.75, 3.05) is 0 Å². The molecule has 0 amide bonds. The van der Waals surface area contributed by atoms with Crippen molar-refractivity contribution in [1.82, 2.24) is 0 Å². The molecule has 1 aromatic carbocycles. The average Bonchev–Trinajstić information content (AvgIpc) is 2.04. The maximum absolute atomic E-state index is 6.01. The second kappa shape index (κ2) is 6.86. The van der Waals surface area contributed by atoms with Crippen molar-refractivity contribution >= 4 is 12.4 Å². The third-order valence-corrected chi connectivity index (χ3v) is 2.11. The first kappa shape index (κ1) is 13.5. The topological polar surface area (TPSA) is 26.0 Å². The molecular formula is C12H20ClN. The van der Waals surface area contributed by atoms with Crippen LogP contribution in [0.2, 0.25) is 0 Å². The van der Waals surface area contributed by atoms with Crippen LogP contribution < -0.4 is 5.73 Å². The van der Waals surface area contributed by atoms with Crippen molar-refractivity contribution in [2.45, 2.75) is 32.7 Å². The highest BCUT2D eigenvalue weighted by Gasteiger charge is 2.05. The molecule has 0 heterocycles. The minimum Gasteiger partial charge on any atom is -0.327 e. The Labute approximate surface area is 93.1 Å². The number of halogens is 1. The third-order valence-electron chi connectivity index (χ3n) is 2.11. The Morgan fingerprint density at radius 1 is 1.14 bits per heavy atom. The molecule has 0 aliphatic rings. The van der Waals surface area contributed by atoms with Gasteiger partial charge in [-0.25, -0.2) is 0 Å². The molecule has 0 bridgehead atoms. The van der Waals surface area contributed by atoms with Crippen LogP contribution in [0.3, 0.4) is 0 Å². The molecule has 1 aromatic rings. The molecule has 80 valence electrons. The lowest BCUT2D eigenvalue weighted by Gasteiger charge is -2.13. The fraction of sp³-hybridized carbons (Fsp3) is 0.500. The maximum atomic E-state index is 6.01. The fourth-order valence-electron chi connectivity index (χ4n) is 1.61. The maximum Gasteiger partial charge on any atom is 0.00817 e. The number of rotatable bonds is 4. The van der Waals surface area contributed by atoms with Crippen LogP contribution in [0.4, 0.5) is 0 Å². The van der Waals surface area contributed by atoms with Gasteiger partial charge >= 0.3 is 0 Å². The Hall–Kier alpha value is -0.530. The molecule has 1 nitrogen and oxygen atoms in total. The summed E-state index contributed by atoms with van der Waals surface area (Å²) in [6.07, 6.45) is 2.11. The largest absolute Gasteiger partial charge is 0.327 e. The van der Waals surface area contributed by atoms with Gasteiger partial charge in [0.1, 0.15) is 0 Å². The van der Waals surface area contributed by atoms with E-state index in [-0.39, 0.29) is 12.4 Å². The summed E-state index contributed by atoms with van der Waals surface area (Å²) in [5.41, 5.74) is 7.35. The Balaban J connectivity index is 0.00000169. The van der Waals surface area contributed by atoms with Gasteiger partial charge in [0, 0.05) is 6.04 Å². The van der Waals surface area contributed by atoms with Gasteiger partial charge in [0.05, 0.1) is 0 Å². The van der Waals surface area contributed by atoms with Crippen molar-refractivity contribution in [3.05, 3.63) is 35.9 Å². The standard InChI is InChI=1S/C12H19N.ClH/c1-10(2)8-12(13)9-11-6-4-3-5-7-11;/h3-7,10,12H,8-9,13H2,1-2H3;1H. The van der Waals surface area contributed by atoms with Gasteiger partial charge in [-0.05, 0) is 24.3 Å². The van der Waals surface area contributed by atoms with Gasteiger partial charge in [0.15, 0.2) is 0 Å². The van der Waals surface area contributed by atoms with Gasteiger partial charge in [-0.15, -0.1) is 12.4 Å². The summed E-state index contributed by atoms with van der Waals surface area (Å²) in [5, 5.41) is 0. The lowest BCUT2D eigenvalue weighted by molar-refractivity contribution is 0.493. The minimum atomic E-state index is 0. The van der Waals surface area contributed by atoms with E-state index in [0.29, 0.717) is 12.0 Å². The van der Waals surface area contributed by atoms with Gasteiger partial charge in [0.2, 0.25) is 0 Å². The van der Waals surface area contributed by atoms with E-state index in [4.69, 9.17) is 5.73 Å². The van der Waals surface area contributed by atoms with Crippen molar-refractivity contribution in [2.24, 2.45) is 11.7 Å². The molecule has 0 aliphatic heterocycles. The van der Waals surface area contributed by atoms with Crippen molar-refractivity contribution in [3.8, 4) is 0 Å². The number of hydrogen-bond acceptors (Lipinski definition) is 1. The van der Waals surface area contributed by atoms with Gasteiger partial charge in [-0.1, -0.05) is 44.2 Å². The summed E-state index contributed by atoms with van der Waals surface area (Å²) in [5.74, 6) is 0.693. The summed E-state index contributed by atoms with van der Waals surface area (Å²) in [6.45, 7) is 4.43. The molecule has 1 rings (SSSR count). The summed E-state index contributed by atoms with van der Waals surface area (Å²) < 4.78 is 0. The quantitative estimate of drug-likeness (QED) is 0.818. The zero-order valence-corrected chi connectivity index (χ0v) is 9.76. The lowest BCUT2D eigenvalue weighted by Crippen LogP contribution is -2.24. The lowest BCUT2D eigenvalue weighted by atomic mass is 9.98. The van der Waals surface area contributed by atoms with Crippen molar-refractivity contribution in [3.63, 3.8) is 0 Å². The van der Waals surface area contributed by atoms with E-state index in [0.717, 1.165) is 12.8 Å². The number of hydrogen-bond donors (Lipinski definition) is 1. The van der Waals surface area contributed by atoms with Gasteiger partial charge in [-0.2, -0.15) is 0 Å². The first-order valence-electron chi connectivity index (χ1n) is 4.98. The number of nitrogens with two attached hydrogens (primary N) is 1. The van der Waals surface area contributed by atoms with E-state index < -0.39 is 0 Å². The molecule has 2 heteroatoms. The van der Waals surface area contributed by atoms with E-state index in [1.807, 2.05) is 6.07 Å². The van der Waals surface area contributed by atoms with Gasteiger partial charge in [-0.3, -0.25) is 0 Å². The Bertz CT molecular complexity index is 233. The van der Waals surface area contributed by atoms with Crippen LogP contribution in [0.1, 0.15) is 25.8 Å². The normalized spacial score (nSPS) is 12.3. The predicted molar refractivity (Wildman–Crippen MR) is 64.8 cm³/mol. The highest BCUT2D eigenvalue weighted by Crippen LogP contribution is 2.08. The molecule has 0 radical (unpaired) electrons. The van der Waals surface area contributed by atoms with Crippen LogP contribution in [0.15, 0.2) is 30.3 Å². The summed E-state index contributed by atoms with van der Waals surface area (Å²) >= 11 is 0. The Morgan fingerprint density at radius 2 is 1.71 bits per heavy atom. The summed E-state index contributed by atoms with van der Waals surface area (Å²) in [7, 11) is 0. The van der Waals surface area contributed by atoms with Gasteiger partial charge < -0.3 is 5.73 Å². The van der Waals surface area contributed by atoms with Crippen molar-refractivity contribution < 1.29 is 0 Å². The van der Waals surface area contributed by atoms with Crippen LogP contribution >= 0.6 is 12.4 Å². The van der Waals surface area contributed by atoms with Crippen LogP contribution in [-0.4, -0.2) is 6.04 Å². The molecule has 0 aliphatic carbocycles. The van der Waals surface area contributed by atoms with E-state index >= 15 is 0 Å². The van der Waals surface area contributed by atoms with E-state index in [9.17, 15) is 0 Å². The zero-order chi connectivity index (χ0) is 9.68. The first-order chi connectivity index (χ1) is 6.18. The van der Waals surface area contributed by atoms with Crippen LogP contribution in [0.25, 0.3) is 0 Å². The predicted octanol–water partition coefficient (Wildman–Crippen LogP) is 3.02. The molecule has 2 N–H and O–H groups in total. The summed E-state index contributed by atoms with van der Waals surface area (Å²) in [6, 6.07) is 10.8. The van der Waals surface area contributed by atoms with E-state index in [1.165, 1.54) is 5.56 Å². The average molecular weight is 214 g/mol. The highest BCUT2D eigenvalue weighted by atomic mass is 35.5. The monoisotopic (exact) mass is 213 g/mol. The zero-order valence-electron chi connectivity index (χ0n) is 8.94. The smallest absolute Gasteiger partial charge is 0.00817 e. The third kappa shape index (κ3) is 5.25. The molecule has 0 spiro atoms. The van der Waals surface area contributed by atoms with Crippen LogP contribution in [-0.2, 0) is 6.42 Å². The highest BCUT2D eigenvalue weighted by molar-refractivity contribution is 5.85. The molecule has 1 unspecified atom stereocenters. The fourth-order valence-corrected chi connectivity index (χ4v) is 1.61. The minimum absolute atomic E-state index is 0. The van der Waals surface area contributed by atoms with E-state index in [2.05, 4.69) is 38.1 Å². The Kier molecular flexibility index (Phi) is 6.60. The van der Waals surface area contributed by atoms with Crippen LogP contribution in [0.5, 0.6) is 0 Å². The second-order valence-electron chi connectivity index (χ2n) is 4.08. The van der Waals surface area contributed by atoms with Gasteiger partial charge in [0.25, 0.3) is 0 Å². The Morgan fingerprint density at radius 3 is 2.21 bits per heavy atom.